The van der Waals surface area contributed by atoms with Crippen LogP contribution in [-0.4, -0.2) is 24.1 Å². The number of hydrogen-bond donors (Lipinski definition) is 0. The first-order chi connectivity index (χ1) is 25.8. The molecule has 5 heteroatoms. The second-order valence-corrected chi connectivity index (χ2v) is 13.6. The summed E-state index contributed by atoms with van der Waals surface area (Å²) in [6, 6.07) is 49.8. The van der Waals surface area contributed by atoms with E-state index in [2.05, 4.69) is 167 Å². The van der Waals surface area contributed by atoms with Crippen LogP contribution in [0.1, 0.15) is 18.0 Å². The summed E-state index contributed by atoms with van der Waals surface area (Å²) in [7, 11) is 0. The van der Waals surface area contributed by atoms with E-state index in [1.165, 1.54) is 21.5 Å². The largest absolute Gasteiger partial charge is 0.309 e. The fourth-order valence-electron chi connectivity index (χ4n) is 8.38. The van der Waals surface area contributed by atoms with Crippen molar-refractivity contribution < 1.29 is 0 Å². The highest BCUT2D eigenvalue weighted by molar-refractivity contribution is 6.19. The molecule has 0 N–H and O–H groups in total. The molecule has 11 rings (SSSR count). The number of nitrogens with zero attached hydrogens (tertiary/aromatic N) is 5. The van der Waals surface area contributed by atoms with Crippen LogP contribution < -0.4 is 0 Å². The van der Waals surface area contributed by atoms with Crippen LogP contribution in [0.3, 0.4) is 0 Å². The predicted molar refractivity (Wildman–Crippen MR) is 215 cm³/mol. The van der Waals surface area contributed by atoms with Crippen LogP contribution in [0.4, 0.5) is 0 Å². The first-order valence-electron chi connectivity index (χ1n) is 17.8. The lowest BCUT2D eigenvalue weighted by atomic mass is 9.93. The van der Waals surface area contributed by atoms with E-state index >= 15 is 0 Å². The van der Waals surface area contributed by atoms with E-state index in [9.17, 15) is 0 Å². The molecule has 0 saturated carbocycles. The Morgan fingerprint density at radius 2 is 1.17 bits per heavy atom. The first kappa shape index (κ1) is 28.9. The quantitative estimate of drug-likeness (QED) is 0.188. The van der Waals surface area contributed by atoms with Crippen LogP contribution in [0, 0.1) is 0 Å². The van der Waals surface area contributed by atoms with Gasteiger partial charge in [-0.3, -0.25) is 4.57 Å². The number of hydrogen-bond acceptors (Lipinski definition) is 3. The van der Waals surface area contributed by atoms with Crippen molar-refractivity contribution >= 4 is 65.3 Å². The monoisotopic (exact) mass is 665 g/mol. The fourth-order valence-corrected chi connectivity index (χ4v) is 8.38. The number of para-hydroxylation sites is 3. The van der Waals surface area contributed by atoms with Gasteiger partial charge in [0.25, 0.3) is 0 Å². The smallest absolute Gasteiger partial charge is 0.160 e. The standard InChI is InChI=1S/C47H31N5/c1-2-14-30(15-3-1)46-36-20-6-9-21-39(36)49-47(50-46)35-25-26-42(32-17-5-4-16-31(32)35)51-40-22-10-7-18-33(40)37-28-38-34-19-8-11-23-41(34)52(44(38)29-43(37)51)45-24-12-13-27-48-45/h1-14,16-30H,15H2. The molecule has 1 aliphatic rings. The van der Waals surface area contributed by atoms with Crippen LogP contribution in [0.2, 0.25) is 0 Å². The summed E-state index contributed by atoms with van der Waals surface area (Å²) in [5.41, 5.74) is 8.76. The second-order valence-electron chi connectivity index (χ2n) is 13.6. The number of fused-ring (bicyclic) bond motifs is 8. The zero-order valence-electron chi connectivity index (χ0n) is 28.2. The number of pyridine rings is 1. The summed E-state index contributed by atoms with van der Waals surface area (Å²) in [6.07, 6.45) is 11.5. The molecule has 0 bridgehead atoms. The second kappa shape index (κ2) is 11.3. The Morgan fingerprint density at radius 1 is 0.500 bits per heavy atom. The molecule has 1 aliphatic carbocycles. The summed E-state index contributed by atoms with van der Waals surface area (Å²) in [6.45, 7) is 0. The normalized spacial score (nSPS) is 14.5. The Morgan fingerprint density at radius 3 is 1.92 bits per heavy atom. The summed E-state index contributed by atoms with van der Waals surface area (Å²) < 4.78 is 4.72. The first-order valence-corrected chi connectivity index (χ1v) is 17.8. The van der Waals surface area contributed by atoms with Gasteiger partial charge in [0.1, 0.15) is 5.82 Å². The van der Waals surface area contributed by atoms with Gasteiger partial charge in [-0.05, 0) is 66.4 Å². The molecule has 0 saturated heterocycles. The zero-order chi connectivity index (χ0) is 34.2. The molecule has 0 amide bonds. The van der Waals surface area contributed by atoms with Gasteiger partial charge in [-0.15, -0.1) is 0 Å². The van der Waals surface area contributed by atoms with Crippen LogP contribution in [-0.2, 0) is 0 Å². The van der Waals surface area contributed by atoms with E-state index in [4.69, 9.17) is 15.0 Å². The Labute approximate surface area is 299 Å². The number of benzene rings is 6. The Kier molecular flexibility index (Phi) is 6.31. The average Bonchev–Trinajstić information content (AvgIpc) is 3.71. The van der Waals surface area contributed by atoms with Crippen molar-refractivity contribution in [1.29, 1.82) is 0 Å². The lowest BCUT2D eigenvalue weighted by molar-refractivity contribution is 0.823. The number of aromatic nitrogens is 5. The van der Waals surface area contributed by atoms with Crippen LogP contribution in [0.5, 0.6) is 0 Å². The molecule has 10 aromatic rings. The lowest BCUT2D eigenvalue weighted by Crippen LogP contribution is -2.04. The molecule has 0 radical (unpaired) electrons. The molecule has 0 fully saturated rings. The van der Waals surface area contributed by atoms with Crippen molar-refractivity contribution in [2.24, 2.45) is 0 Å². The van der Waals surface area contributed by atoms with Gasteiger partial charge in [0.2, 0.25) is 0 Å². The molecule has 4 aromatic heterocycles. The van der Waals surface area contributed by atoms with Crippen molar-refractivity contribution in [3.05, 3.63) is 176 Å². The molecule has 4 heterocycles. The minimum absolute atomic E-state index is 0.207. The van der Waals surface area contributed by atoms with Gasteiger partial charge < -0.3 is 4.57 Å². The third-order valence-corrected chi connectivity index (χ3v) is 10.7. The van der Waals surface area contributed by atoms with Crippen molar-refractivity contribution in [1.82, 2.24) is 24.1 Å². The van der Waals surface area contributed by atoms with E-state index in [0.29, 0.717) is 0 Å². The molecule has 52 heavy (non-hydrogen) atoms. The van der Waals surface area contributed by atoms with Gasteiger partial charge in [-0.2, -0.15) is 0 Å². The highest BCUT2D eigenvalue weighted by atomic mass is 15.1. The maximum Gasteiger partial charge on any atom is 0.160 e. The van der Waals surface area contributed by atoms with Crippen LogP contribution >= 0.6 is 0 Å². The lowest BCUT2D eigenvalue weighted by Gasteiger charge is -2.18. The fraction of sp³-hybridized carbons (Fsp3) is 0.0426. The summed E-state index contributed by atoms with van der Waals surface area (Å²) in [4.78, 5) is 15.3. The number of rotatable bonds is 4. The van der Waals surface area contributed by atoms with Gasteiger partial charge in [0.05, 0.1) is 39.0 Å². The van der Waals surface area contributed by atoms with Gasteiger partial charge in [-0.25, -0.2) is 15.0 Å². The van der Waals surface area contributed by atoms with Crippen molar-refractivity contribution in [2.75, 3.05) is 0 Å². The van der Waals surface area contributed by atoms with Gasteiger partial charge in [0.15, 0.2) is 5.82 Å². The van der Waals surface area contributed by atoms with Gasteiger partial charge in [0, 0.05) is 50.0 Å². The van der Waals surface area contributed by atoms with Crippen LogP contribution in [0.15, 0.2) is 170 Å². The van der Waals surface area contributed by atoms with E-state index in [1.807, 2.05) is 12.3 Å². The molecule has 1 atom stereocenters. The predicted octanol–water partition coefficient (Wildman–Crippen LogP) is 11.6. The molecule has 0 aliphatic heterocycles. The summed E-state index contributed by atoms with van der Waals surface area (Å²) in [5, 5.41) is 8.24. The van der Waals surface area contributed by atoms with Gasteiger partial charge >= 0.3 is 0 Å². The SMILES string of the molecule is C1=CCC(c2nc(-c3ccc(-n4c5ccccc5c5cc6c7ccccc7n(-c7ccccn7)c6cc54)c4ccccc34)nc3ccccc23)C=C1. The molecule has 0 spiro atoms. The van der Waals surface area contributed by atoms with Gasteiger partial charge in [-0.1, -0.05) is 109 Å². The van der Waals surface area contributed by atoms with E-state index in [-0.39, 0.29) is 5.92 Å². The van der Waals surface area contributed by atoms with Crippen molar-refractivity contribution in [3.8, 4) is 22.9 Å². The molecule has 6 aromatic carbocycles. The molecule has 1 unspecified atom stereocenters. The Bertz CT molecular complexity index is 3110. The third kappa shape index (κ3) is 4.26. The summed E-state index contributed by atoms with van der Waals surface area (Å²) >= 11 is 0. The molecule has 5 nitrogen and oxygen atoms in total. The van der Waals surface area contributed by atoms with E-state index < -0.39 is 0 Å². The average molecular weight is 666 g/mol. The van der Waals surface area contributed by atoms with Crippen LogP contribution in [0.25, 0.3) is 88.2 Å². The highest BCUT2D eigenvalue weighted by Crippen LogP contribution is 2.42. The zero-order valence-corrected chi connectivity index (χ0v) is 28.2. The van der Waals surface area contributed by atoms with Crippen molar-refractivity contribution in [3.63, 3.8) is 0 Å². The number of allylic oxidation sites excluding steroid dienone is 4. The maximum absolute atomic E-state index is 5.32. The summed E-state index contributed by atoms with van der Waals surface area (Å²) in [5.74, 6) is 1.86. The van der Waals surface area contributed by atoms with E-state index in [0.717, 1.165) is 78.8 Å². The maximum atomic E-state index is 5.32. The topological polar surface area (TPSA) is 48.5 Å². The molecular weight excluding hydrogens is 635 g/mol. The minimum atomic E-state index is 0.207. The highest BCUT2D eigenvalue weighted by Gasteiger charge is 2.22. The third-order valence-electron chi connectivity index (χ3n) is 10.7. The van der Waals surface area contributed by atoms with E-state index in [1.54, 1.807) is 0 Å². The minimum Gasteiger partial charge on any atom is -0.309 e. The molecule has 244 valence electrons. The molecular formula is C47H31N5. The van der Waals surface area contributed by atoms with Crippen molar-refractivity contribution in [2.45, 2.75) is 12.3 Å². The Hall–Kier alpha value is -6.85. The Balaban J connectivity index is 1.19.